The Bertz CT molecular complexity index is 706. The lowest BCUT2D eigenvalue weighted by molar-refractivity contribution is 0.215. The number of piperazine rings is 1. The summed E-state index contributed by atoms with van der Waals surface area (Å²) in [5, 5.41) is 3.57. The van der Waals surface area contributed by atoms with Gasteiger partial charge in [-0.2, -0.15) is 0 Å². The number of amidine groups is 1. The van der Waals surface area contributed by atoms with E-state index in [0.717, 1.165) is 43.4 Å². The van der Waals surface area contributed by atoms with Crippen LogP contribution in [0.3, 0.4) is 0 Å². The molecule has 2 heterocycles. The minimum absolute atomic E-state index is 0.0792. The Morgan fingerprint density at radius 2 is 1.91 bits per heavy atom. The van der Waals surface area contributed by atoms with Crippen LogP contribution in [0, 0.1) is 0 Å². The van der Waals surface area contributed by atoms with Crippen molar-refractivity contribution in [3.63, 3.8) is 0 Å². The summed E-state index contributed by atoms with van der Waals surface area (Å²) in [6, 6.07) is 8.55. The van der Waals surface area contributed by atoms with Crippen LogP contribution in [-0.4, -0.2) is 54.9 Å². The van der Waals surface area contributed by atoms with Gasteiger partial charge in [-0.25, -0.2) is 0 Å². The standard InChI is InChI=1S/C19H22N4/c1-22-10-12-23(13-11-22)19-17-8-4-5-9-18(17)20-15-6-2-3-7-16(14-15)21-19/h2-9,14,16,20H,10-13H2,1H3/b21-19+. The van der Waals surface area contributed by atoms with Crippen molar-refractivity contribution < 1.29 is 0 Å². The molecule has 1 N–H and O–H groups in total. The number of nitrogens with one attached hydrogen (secondary N) is 1. The predicted octanol–water partition coefficient (Wildman–Crippen LogP) is 2.48. The lowest BCUT2D eigenvalue weighted by Gasteiger charge is -2.36. The summed E-state index contributed by atoms with van der Waals surface area (Å²) in [6.45, 7) is 4.21. The first-order chi connectivity index (χ1) is 11.3. The molecule has 4 nitrogen and oxygen atoms in total. The molecule has 1 aliphatic carbocycles. The third kappa shape index (κ3) is 2.94. The van der Waals surface area contributed by atoms with Gasteiger partial charge in [0, 0.05) is 43.1 Å². The number of aliphatic imine (C=N–C) groups is 1. The van der Waals surface area contributed by atoms with Crippen LogP contribution in [0.1, 0.15) is 5.56 Å². The van der Waals surface area contributed by atoms with Gasteiger partial charge in [0.05, 0.1) is 6.04 Å². The number of nitrogens with zero attached hydrogens (tertiary/aromatic N) is 3. The van der Waals surface area contributed by atoms with Crippen molar-refractivity contribution in [1.29, 1.82) is 0 Å². The summed E-state index contributed by atoms with van der Waals surface area (Å²) in [5.41, 5.74) is 3.42. The Hall–Kier alpha value is -2.33. The monoisotopic (exact) mass is 306 g/mol. The fourth-order valence-electron chi connectivity index (χ4n) is 3.22. The molecule has 1 saturated heterocycles. The highest BCUT2D eigenvalue weighted by Crippen LogP contribution is 2.25. The van der Waals surface area contributed by atoms with Crippen LogP contribution in [0.5, 0.6) is 0 Å². The molecule has 1 aromatic carbocycles. The summed E-state index contributed by atoms with van der Waals surface area (Å²) >= 11 is 0. The molecular weight excluding hydrogens is 284 g/mol. The minimum Gasteiger partial charge on any atom is -0.355 e. The molecule has 1 atom stereocenters. The lowest BCUT2D eigenvalue weighted by atomic mass is 10.1. The zero-order chi connectivity index (χ0) is 15.6. The summed E-state index contributed by atoms with van der Waals surface area (Å²) in [5.74, 6) is 1.10. The SMILES string of the molecule is CN1CCN(/C2=N/C3C=CC=CC(=C3)Nc3ccccc32)CC1. The van der Waals surface area contributed by atoms with Gasteiger partial charge in [-0.3, -0.25) is 4.99 Å². The van der Waals surface area contributed by atoms with E-state index in [4.69, 9.17) is 4.99 Å². The van der Waals surface area contributed by atoms with E-state index in [-0.39, 0.29) is 6.04 Å². The van der Waals surface area contributed by atoms with E-state index < -0.39 is 0 Å². The summed E-state index contributed by atoms with van der Waals surface area (Å²) in [7, 11) is 2.18. The van der Waals surface area contributed by atoms with Crippen molar-refractivity contribution in [3.05, 3.63) is 65.9 Å². The maximum absolute atomic E-state index is 5.09. The third-order valence-electron chi connectivity index (χ3n) is 4.57. The van der Waals surface area contributed by atoms with Crippen LogP contribution >= 0.6 is 0 Å². The number of rotatable bonds is 0. The molecule has 118 valence electrons. The summed E-state index contributed by atoms with van der Waals surface area (Å²) in [6.07, 6.45) is 10.6. The Morgan fingerprint density at radius 1 is 1.09 bits per heavy atom. The predicted molar refractivity (Wildman–Crippen MR) is 95.8 cm³/mol. The number of allylic oxidation sites excluding steroid dienone is 3. The molecule has 0 spiro atoms. The fourth-order valence-corrected chi connectivity index (χ4v) is 3.22. The molecule has 2 bridgehead atoms. The van der Waals surface area contributed by atoms with Gasteiger partial charge in [0.2, 0.25) is 0 Å². The van der Waals surface area contributed by atoms with Gasteiger partial charge < -0.3 is 15.1 Å². The Balaban J connectivity index is 1.78. The summed E-state index contributed by atoms with van der Waals surface area (Å²) in [4.78, 5) is 9.88. The number of hydrogen-bond acceptors (Lipinski definition) is 4. The molecule has 23 heavy (non-hydrogen) atoms. The van der Waals surface area contributed by atoms with Crippen LogP contribution < -0.4 is 5.32 Å². The van der Waals surface area contributed by atoms with Crippen molar-refractivity contribution in [1.82, 2.24) is 9.80 Å². The molecule has 0 aromatic heterocycles. The van der Waals surface area contributed by atoms with Crippen molar-refractivity contribution >= 4 is 11.5 Å². The van der Waals surface area contributed by atoms with Crippen LogP contribution in [0.25, 0.3) is 0 Å². The van der Waals surface area contributed by atoms with E-state index in [1.54, 1.807) is 0 Å². The van der Waals surface area contributed by atoms with E-state index in [0.29, 0.717) is 0 Å². The quantitative estimate of drug-likeness (QED) is 0.799. The van der Waals surface area contributed by atoms with Gasteiger partial charge in [-0.15, -0.1) is 0 Å². The van der Waals surface area contributed by atoms with Crippen LogP contribution in [-0.2, 0) is 0 Å². The van der Waals surface area contributed by atoms with Crippen LogP contribution in [0.2, 0.25) is 0 Å². The Kier molecular flexibility index (Phi) is 3.75. The maximum atomic E-state index is 5.09. The second kappa shape index (κ2) is 6.05. The molecule has 4 rings (SSSR count). The number of anilines is 1. The van der Waals surface area contributed by atoms with Crippen molar-refractivity contribution in [2.24, 2.45) is 4.99 Å². The number of hydrogen-bond donors (Lipinski definition) is 1. The highest BCUT2D eigenvalue weighted by Gasteiger charge is 2.23. The zero-order valence-electron chi connectivity index (χ0n) is 13.4. The van der Waals surface area contributed by atoms with Crippen LogP contribution in [0.4, 0.5) is 5.69 Å². The first kappa shape index (κ1) is 14.3. The molecule has 1 aromatic rings. The Morgan fingerprint density at radius 3 is 2.78 bits per heavy atom. The third-order valence-corrected chi connectivity index (χ3v) is 4.57. The number of likely N-dealkylation sites (N-methyl/N-ethyl adjacent to an activating group) is 1. The average Bonchev–Trinajstić information content (AvgIpc) is 2.79. The van der Waals surface area contributed by atoms with Gasteiger partial charge in [0.25, 0.3) is 0 Å². The molecule has 1 unspecified atom stereocenters. The molecule has 0 amide bonds. The van der Waals surface area contributed by atoms with Gasteiger partial charge in [-0.1, -0.05) is 30.4 Å². The van der Waals surface area contributed by atoms with Crippen molar-refractivity contribution in [2.45, 2.75) is 6.04 Å². The minimum atomic E-state index is 0.0792. The van der Waals surface area contributed by atoms with Crippen LogP contribution in [0.15, 0.2) is 65.3 Å². The topological polar surface area (TPSA) is 30.9 Å². The molecule has 3 aliphatic rings. The van der Waals surface area contributed by atoms with E-state index in [9.17, 15) is 0 Å². The highest BCUT2D eigenvalue weighted by atomic mass is 15.3. The first-order valence-corrected chi connectivity index (χ1v) is 8.24. The van der Waals surface area contributed by atoms with Gasteiger partial charge >= 0.3 is 0 Å². The molecule has 2 aliphatic heterocycles. The molecule has 4 heteroatoms. The van der Waals surface area contributed by atoms with Gasteiger partial charge in [0.15, 0.2) is 0 Å². The molecule has 1 fully saturated rings. The molecular formula is C19H22N4. The number of benzene rings is 1. The lowest BCUT2D eigenvalue weighted by Crippen LogP contribution is -2.48. The zero-order valence-corrected chi connectivity index (χ0v) is 13.4. The summed E-state index contributed by atoms with van der Waals surface area (Å²) < 4.78 is 0. The average molecular weight is 306 g/mol. The normalized spacial score (nSPS) is 26.1. The fraction of sp³-hybridized carbons (Fsp3) is 0.316. The molecule has 0 radical (unpaired) electrons. The number of para-hydroxylation sites is 1. The van der Waals surface area contributed by atoms with E-state index in [1.807, 2.05) is 0 Å². The van der Waals surface area contributed by atoms with E-state index in [2.05, 4.69) is 76.8 Å². The van der Waals surface area contributed by atoms with Gasteiger partial charge in [-0.05, 0) is 31.3 Å². The van der Waals surface area contributed by atoms with Crippen molar-refractivity contribution in [2.75, 3.05) is 38.5 Å². The number of fused-ring (bicyclic) bond motifs is 2. The second-order valence-electron chi connectivity index (χ2n) is 6.27. The van der Waals surface area contributed by atoms with Gasteiger partial charge in [0.1, 0.15) is 5.84 Å². The van der Waals surface area contributed by atoms with E-state index in [1.165, 1.54) is 5.56 Å². The maximum Gasteiger partial charge on any atom is 0.134 e. The highest BCUT2D eigenvalue weighted by molar-refractivity contribution is 6.04. The van der Waals surface area contributed by atoms with Crippen molar-refractivity contribution in [3.8, 4) is 0 Å². The largest absolute Gasteiger partial charge is 0.355 e. The second-order valence-corrected chi connectivity index (χ2v) is 6.27. The smallest absolute Gasteiger partial charge is 0.134 e. The van der Waals surface area contributed by atoms with E-state index >= 15 is 0 Å². The first-order valence-electron chi connectivity index (χ1n) is 8.24. The molecule has 0 saturated carbocycles. The Labute approximate surface area is 137 Å².